The standard InChI is InChI=1S/C17H14N4O3S/c1-11-14(5-2-6-15(11)21(23)24)16(22)19-9-13-10-25-17(20-13)12-4-3-7-18-8-12/h2-8,10H,9H2,1H3,(H,19,22). The molecule has 7 nitrogen and oxygen atoms in total. The molecule has 126 valence electrons. The van der Waals surface area contributed by atoms with E-state index in [1.54, 1.807) is 25.4 Å². The first-order valence-corrected chi connectivity index (χ1v) is 8.31. The molecule has 1 aromatic carbocycles. The molecule has 2 aromatic heterocycles. The molecular weight excluding hydrogens is 340 g/mol. The van der Waals surface area contributed by atoms with Crippen LogP contribution in [0.1, 0.15) is 21.6 Å². The Morgan fingerprint density at radius 3 is 2.88 bits per heavy atom. The summed E-state index contributed by atoms with van der Waals surface area (Å²) in [4.78, 5) is 31.3. The van der Waals surface area contributed by atoms with Gasteiger partial charge in [0.1, 0.15) is 5.01 Å². The number of benzene rings is 1. The third-order valence-corrected chi connectivity index (χ3v) is 4.58. The number of aromatic nitrogens is 2. The second kappa shape index (κ2) is 7.18. The van der Waals surface area contributed by atoms with Gasteiger partial charge in [-0.25, -0.2) is 4.98 Å². The Bertz CT molecular complexity index is 925. The Morgan fingerprint density at radius 1 is 1.32 bits per heavy atom. The summed E-state index contributed by atoms with van der Waals surface area (Å²) in [6.45, 7) is 1.81. The molecule has 8 heteroatoms. The lowest BCUT2D eigenvalue weighted by Gasteiger charge is -2.06. The van der Waals surface area contributed by atoms with Crippen LogP contribution >= 0.6 is 11.3 Å². The molecule has 3 aromatic rings. The molecule has 0 bridgehead atoms. The Morgan fingerprint density at radius 2 is 2.16 bits per heavy atom. The largest absolute Gasteiger partial charge is 0.346 e. The molecule has 0 saturated carbocycles. The summed E-state index contributed by atoms with van der Waals surface area (Å²) >= 11 is 1.47. The van der Waals surface area contributed by atoms with Crippen molar-refractivity contribution in [2.24, 2.45) is 0 Å². The molecule has 2 heterocycles. The SMILES string of the molecule is Cc1c(C(=O)NCc2csc(-c3cccnc3)n2)cccc1[N+](=O)[O-]. The van der Waals surface area contributed by atoms with E-state index in [9.17, 15) is 14.9 Å². The zero-order valence-electron chi connectivity index (χ0n) is 13.3. The molecule has 3 rings (SSSR count). The third-order valence-electron chi connectivity index (χ3n) is 3.64. The number of nitrogens with one attached hydrogen (secondary N) is 1. The van der Waals surface area contributed by atoms with Crippen LogP contribution < -0.4 is 5.32 Å². The molecule has 1 amide bonds. The summed E-state index contributed by atoms with van der Waals surface area (Å²) in [6, 6.07) is 8.21. The number of nitro groups is 1. The first-order valence-electron chi connectivity index (χ1n) is 7.43. The van der Waals surface area contributed by atoms with Gasteiger partial charge in [-0.1, -0.05) is 6.07 Å². The summed E-state index contributed by atoms with van der Waals surface area (Å²) in [5, 5.41) is 16.4. The van der Waals surface area contributed by atoms with Crippen LogP contribution in [0.5, 0.6) is 0 Å². The molecule has 0 spiro atoms. The van der Waals surface area contributed by atoms with Crippen molar-refractivity contribution in [2.45, 2.75) is 13.5 Å². The molecule has 1 N–H and O–H groups in total. The number of nitro benzene ring substituents is 1. The fraction of sp³-hybridized carbons (Fsp3) is 0.118. The van der Waals surface area contributed by atoms with Gasteiger partial charge in [-0.05, 0) is 25.1 Å². The number of thiazole rings is 1. The van der Waals surface area contributed by atoms with Crippen LogP contribution in [0.25, 0.3) is 10.6 Å². The maximum absolute atomic E-state index is 12.3. The Balaban J connectivity index is 1.70. The number of rotatable bonds is 5. The summed E-state index contributed by atoms with van der Waals surface area (Å²) in [6.07, 6.45) is 3.42. The van der Waals surface area contributed by atoms with Crippen molar-refractivity contribution in [3.05, 3.63) is 75.0 Å². The number of amides is 1. The summed E-state index contributed by atoms with van der Waals surface area (Å²) < 4.78 is 0. The van der Waals surface area contributed by atoms with Gasteiger partial charge in [0, 0.05) is 40.5 Å². The van der Waals surface area contributed by atoms with Gasteiger partial charge in [0.15, 0.2) is 0 Å². The topological polar surface area (TPSA) is 98.0 Å². The van der Waals surface area contributed by atoms with E-state index in [-0.39, 0.29) is 23.7 Å². The minimum atomic E-state index is -0.493. The lowest BCUT2D eigenvalue weighted by Crippen LogP contribution is -2.24. The van der Waals surface area contributed by atoms with Crippen LogP contribution in [0.3, 0.4) is 0 Å². The molecule has 0 fully saturated rings. The van der Waals surface area contributed by atoms with E-state index in [0.717, 1.165) is 16.3 Å². The number of hydrogen-bond donors (Lipinski definition) is 1. The van der Waals surface area contributed by atoms with Crippen LogP contribution in [0, 0.1) is 17.0 Å². The van der Waals surface area contributed by atoms with Gasteiger partial charge in [-0.3, -0.25) is 19.9 Å². The molecule has 0 aliphatic rings. The van der Waals surface area contributed by atoms with Gasteiger partial charge in [-0.15, -0.1) is 11.3 Å². The van der Waals surface area contributed by atoms with E-state index in [4.69, 9.17) is 0 Å². The molecule has 0 atom stereocenters. The predicted molar refractivity (Wildman–Crippen MR) is 94.3 cm³/mol. The van der Waals surface area contributed by atoms with Crippen molar-refractivity contribution in [2.75, 3.05) is 0 Å². The van der Waals surface area contributed by atoms with E-state index in [1.165, 1.54) is 23.5 Å². The first kappa shape index (κ1) is 16.7. The van der Waals surface area contributed by atoms with Crippen molar-refractivity contribution in [3.63, 3.8) is 0 Å². The normalized spacial score (nSPS) is 10.4. The Hall–Kier alpha value is -3.13. The van der Waals surface area contributed by atoms with Gasteiger partial charge in [0.05, 0.1) is 17.2 Å². The number of nitrogens with zero attached hydrogens (tertiary/aromatic N) is 3. The zero-order valence-corrected chi connectivity index (χ0v) is 14.1. The van der Waals surface area contributed by atoms with Crippen molar-refractivity contribution < 1.29 is 9.72 Å². The monoisotopic (exact) mass is 354 g/mol. The van der Waals surface area contributed by atoms with Gasteiger partial charge >= 0.3 is 0 Å². The highest BCUT2D eigenvalue weighted by Crippen LogP contribution is 2.23. The van der Waals surface area contributed by atoms with Gasteiger partial charge in [0.2, 0.25) is 0 Å². The second-order valence-corrected chi connectivity index (χ2v) is 6.13. The average molecular weight is 354 g/mol. The summed E-state index contributed by atoms with van der Waals surface area (Å²) in [7, 11) is 0. The van der Waals surface area contributed by atoms with E-state index in [1.807, 2.05) is 17.5 Å². The summed E-state index contributed by atoms with van der Waals surface area (Å²) in [5.41, 5.74) is 2.20. The Labute approximate surface area is 147 Å². The molecular formula is C17H14N4O3S. The maximum atomic E-state index is 12.3. The van der Waals surface area contributed by atoms with E-state index < -0.39 is 4.92 Å². The van der Waals surface area contributed by atoms with Crippen LogP contribution in [-0.2, 0) is 6.54 Å². The molecule has 0 saturated heterocycles. The second-order valence-electron chi connectivity index (χ2n) is 5.28. The fourth-order valence-corrected chi connectivity index (χ4v) is 3.15. The van der Waals surface area contributed by atoms with Crippen molar-refractivity contribution in [1.82, 2.24) is 15.3 Å². The van der Waals surface area contributed by atoms with Crippen molar-refractivity contribution in [1.29, 1.82) is 0 Å². The van der Waals surface area contributed by atoms with Gasteiger partial charge in [-0.2, -0.15) is 0 Å². The predicted octanol–water partition coefficient (Wildman–Crippen LogP) is 3.35. The lowest BCUT2D eigenvalue weighted by molar-refractivity contribution is -0.385. The number of carbonyl (C=O) groups is 1. The maximum Gasteiger partial charge on any atom is 0.273 e. The first-order chi connectivity index (χ1) is 12.1. The van der Waals surface area contributed by atoms with E-state index in [0.29, 0.717) is 5.56 Å². The third kappa shape index (κ3) is 3.69. The number of carbonyl (C=O) groups excluding carboxylic acids is 1. The minimum Gasteiger partial charge on any atom is -0.346 e. The van der Waals surface area contributed by atoms with E-state index >= 15 is 0 Å². The zero-order chi connectivity index (χ0) is 17.8. The summed E-state index contributed by atoms with van der Waals surface area (Å²) in [5.74, 6) is -0.364. The molecule has 0 radical (unpaired) electrons. The fourth-order valence-electron chi connectivity index (χ4n) is 2.34. The van der Waals surface area contributed by atoms with Crippen LogP contribution in [0.4, 0.5) is 5.69 Å². The van der Waals surface area contributed by atoms with Crippen LogP contribution in [0.2, 0.25) is 0 Å². The highest BCUT2D eigenvalue weighted by atomic mass is 32.1. The number of hydrogen-bond acceptors (Lipinski definition) is 6. The molecule has 0 aliphatic carbocycles. The van der Waals surface area contributed by atoms with Crippen molar-refractivity contribution >= 4 is 22.9 Å². The van der Waals surface area contributed by atoms with E-state index in [2.05, 4.69) is 15.3 Å². The van der Waals surface area contributed by atoms with Crippen molar-refractivity contribution in [3.8, 4) is 10.6 Å². The Kier molecular flexibility index (Phi) is 4.80. The smallest absolute Gasteiger partial charge is 0.273 e. The minimum absolute atomic E-state index is 0.0693. The number of pyridine rings is 1. The molecule has 0 unspecified atom stereocenters. The highest BCUT2D eigenvalue weighted by molar-refractivity contribution is 7.13. The lowest BCUT2D eigenvalue weighted by atomic mass is 10.1. The molecule has 25 heavy (non-hydrogen) atoms. The van der Waals surface area contributed by atoms with Crippen LogP contribution in [0.15, 0.2) is 48.1 Å². The van der Waals surface area contributed by atoms with Crippen LogP contribution in [-0.4, -0.2) is 20.8 Å². The quantitative estimate of drug-likeness (QED) is 0.560. The average Bonchev–Trinajstić information content (AvgIpc) is 3.09. The van der Waals surface area contributed by atoms with Gasteiger partial charge in [0.25, 0.3) is 11.6 Å². The highest BCUT2D eigenvalue weighted by Gasteiger charge is 2.18. The molecule has 0 aliphatic heterocycles. The van der Waals surface area contributed by atoms with Gasteiger partial charge < -0.3 is 5.32 Å².